The molecular weight excluding hydrogens is 810 g/mol. The van der Waals surface area contributed by atoms with Crippen LogP contribution >= 0.6 is 11.6 Å². The number of fused-ring (bicyclic) bond motifs is 1. The minimum absolute atomic E-state index is 0.0253. The molecule has 7 rings (SSSR count). The molecule has 2 fully saturated rings. The number of hydrogen-bond acceptors (Lipinski definition) is 11. The van der Waals surface area contributed by atoms with E-state index in [1.807, 2.05) is 0 Å². The van der Waals surface area contributed by atoms with Gasteiger partial charge in [0.25, 0.3) is 0 Å². The van der Waals surface area contributed by atoms with Crippen molar-refractivity contribution in [3.8, 4) is 11.8 Å². The molecule has 5 amide bonds. The lowest BCUT2D eigenvalue weighted by Crippen LogP contribution is -2.60. The molecule has 2 saturated heterocycles. The van der Waals surface area contributed by atoms with Crippen molar-refractivity contribution >= 4 is 75.4 Å². The Labute approximate surface area is 353 Å². The van der Waals surface area contributed by atoms with Gasteiger partial charge >= 0.3 is 29.9 Å². The Kier molecular flexibility index (Phi) is 11.7. The van der Waals surface area contributed by atoms with Crippen LogP contribution < -0.4 is 15.5 Å². The standard InChI is InChI=1S/C41H40ClN11O8/c1-41(2,3)61-40(60)53-30-11-9-29(19-26(30)20-34(53)38(57)58)45-35(54)33(18-24-4-7-28(8-5-24)46-39(59)49-14-12-25(22-43)13-15-49)51-17-16-50(36(55)37(51)56)32-21-27(42)6-10-31(32)52-23-44-47-48-52/h4-11,19-21,23,25,33H,12-18H2,1-3H3,(H,45,54)(H,46,59)(H,57,58). The highest BCUT2D eigenvalue weighted by Gasteiger charge is 2.41. The fraction of sp³-hybridized carbons (Fsp3) is 0.317. The number of likely N-dealkylation sites (tertiary alicyclic amines) is 1. The number of halogens is 1. The van der Waals surface area contributed by atoms with Crippen LogP contribution in [0.25, 0.3) is 16.6 Å². The molecular formula is C41H40ClN11O8. The summed E-state index contributed by atoms with van der Waals surface area (Å²) >= 11 is 6.32. The highest BCUT2D eigenvalue weighted by molar-refractivity contribution is 6.41. The Hall–Kier alpha value is -7.33. The van der Waals surface area contributed by atoms with Gasteiger partial charge in [-0.25, -0.2) is 19.0 Å². The van der Waals surface area contributed by atoms with Crippen molar-refractivity contribution in [2.24, 2.45) is 5.92 Å². The Morgan fingerprint density at radius 1 is 0.918 bits per heavy atom. The molecule has 0 radical (unpaired) electrons. The van der Waals surface area contributed by atoms with Crippen molar-refractivity contribution < 1.29 is 38.6 Å². The summed E-state index contributed by atoms with van der Waals surface area (Å²) < 4.78 is 7.72. The van der Waals surface area contributed by atoms with Gasteiger partial charge in [-0.1, -0.05) is 23.7 Å². The molecule has 2 aromatic heterocycles. The first-order chi connectivity index (χ1) is 29.1. The molecule has 0 spiro atoms. The molecule has 1 atom stereocenters. The number of nitrogens with one attached hydrogen (secondary N) is 2. The van der Waals surface area contributed by atoms with E-state index in [-0.39, 0.29) is 54.0 Å². The lowest BCUT2D eigenvalue weighted by atomic mass is 9.99. The van der Waals surface area contributed by atoms with E-state index in [2.05, 4.69) is 32.2 Å². The van der Waals surface area contributed by atoms with Crippen LogP contribution in [-0.4, -0.2) is 113 Å². The predicted octanol–water partition coefficient (Wildman–Crippen LogP) is 4.94. The average Bonchev–Trinajstić information content (AvgIpc) is 3.90. The van der Waals surface area contributed by atoms with Crippen LogP contribution in [0.1, 0.15) is 49.7 Å². The fourth-order valence-corrected chi connectivity index (χ4v) is 7.41. The van der Waals surface area contributed by atoms with Gasteiger partial charge < -0.3 is 35.2 Å². The number of piperidine rings is 1. The number of nitrogens with zero attached hydrogens (tertiary/aromatic N) is 9. The number of hydrogen-bond donors (Lipinski definition) is 3. The molecule has 1 unspecified atom stereocenters. The minimum atomic E-state index is -1.37. The molecule has 0 aliphatic carbocycles. The van der Waals surface area contributed by atoms with Crippen LogP contribution in [0, 0.1) is 17.2 Å². The number of piperazine rings is 1. The summed E-state index contributed by atoms with van der Waals surface area (Å²) in [6.07, 6.45) is 1.58. The molecule has 0 bridgehead atoms. The predicted molar refractivity (Wildman–Crippen MR) is 220 cm³/mol. The molecule has 19 nitrogen and oxygen atoms in total. The number of nitriles is 1. The highest BCUT2D eigenvalue weighted by atomic mass is 35.5. The van der Waals surface area contributed by atoms with E-state index in [1.165, 1.54) is 51.1 Å². The summed E-state index contributed by atoms with van der Waals surface area (Å²) in [4.78, 5) is 84.7. The summed E-state index contributed by atoms with van der Waals surface area (Å²) in [5.74, 6) is -4.00. The van der Waals surface area contributed by atoms with Gasteiger partial charge in [0.1, 0.15) is 23.7 Å². The molecule has 5 aromatic rings. The SMILES string of the molecule is CC(C)(C)OC(=O)n1c(C(=O)O)cc2cc(NC(=O)C(Cc3ccc(NC(=O)N4CCC(C#N)CC4)cc3)N3CCN(c4cc(Cl)ccc4-n4cnnn4)C(=O)C3=O)ccc21. The van der Waals surface area contributed by atoms with E-state index in [0.717, 1.165) is 4.57 Å². The first-order valence-corrected chi connectivity index (χ1v) is 19.6. The van der Waals surface area contributed by atoms with Gasteiger partial charge in [-0.15, -0.1) is 5.10 Å². The third-order valence-electron chi connectivity index (χ3n) is 10.2. The summed E-state index contributed by atoms with van der Waals surface area (Å²) in [6.45, 7) is 5.78. The minimum Gasteiger partial charge on any atom is -0.477 e. The molecule has 20 heteroatoms. The van der Waals surface area contributed by atoms with Crippen LogP contribution in [0.3, 0.4) is 0 Å². The number of carbonyl (C=O) groups excluding carboxylic acids is 5. The fourth-order valence-electron chi connectivity index (χ4n) is 7.24. The largest absolute Gasteiger partial charge is 0.477 e. The number of urea groups is 1. The number of amides is 5. The first kappa shape index (κ1) is 41.8. The van der Waals surface area contributed by atoms with Crippen LogP contribution in [-0.2, 0) is 25.5 Å². The van der Waals surface area contributed by atoms with Gasteiger partial charge in [-0.3, -0.25) is 14.4 Å². The molecule has 314 valence electrons. The molecule has 2 aliphatic rings. The first-order valence-electron chi connectivity index (χ1n) is 19.2. The number of tetrazole rings is 1. The van der Waals surface area contributed by atoms with Gasteiger partial charge in [0.2, 0.25) is 5.91 Å². The molecule has 3 aromatic carbocycles. The van der Waals surface area contributed by atoms with Crippen molar-refractivity contribution in [3.63, 3.8) is 0 Å². The van der Waals surface area contributed by atoms with Crippen LogP contribution in [0.15, 0.2) is 73.1 Å². The van der Waals surface area contributed by atoms with Crippen molar-refractivity contribution in [2.45, 2.75) is 51.7 Å². The van der Waals surface area contributed by atoms with Gasteiger partial charge in [0.15, 0.2) is 0 Å². The van der Waals surface area contributed by atoms with E-state index in [0.29, 0.717) is 53.3 Å². The van der Waals surface area contributed by atoms with Crippen molar-refractivity contribution in [3.05, 3.63) is 89.3 Å². The molecule has 3 N–H and O–H groups in total. The van der Waals surface area contributed by atoms with Gasteiger partial charge in [0, 0.05) is 60.3 Å². The molecule has 2 aliphatic heterocycles. The summed E-state index contributed by atoms with van der Waals surface area (Å²) in [6, 6.07) is 17.9. The van der Waals surface area contributed by atoms with E-state index in [1.54, 1.807) is 62.1 Å². The Morgan fingerprint density at radius 3 is 2.30 bits per heavy atom. The monoisotopic (exact) mass is 849 g/mol. The number of carboxylic acids is 1. The van der Waals surface area contributed by atoms with Gasteiger partial charge in [0.05, 0.1) is 23.0 Å². The normalized spacial score (nSPS) is 15.4. The number of carbonyl (C=O) groups is 6. The van der Waals surface area contributed by atoms with Crippen LogP contribution in [0.4, 0.5) is 26.7 Å². The summed E-state index contributed by atoms with van der Waals surface area (Å²) in [7, 11) is 0. The average molecular weight is 850 g/mol. The third-order valence-corrected chi connectivity index (χ3v) is 10.5. The lowest BCUT2D eigenvalue weighted by Gasteiger charge is -2.38. The Bertz CT molecular complexity index is 2570. The van der Waals surface area contributed by atoms with Crippen molar-refractivity contribution in [1.82, 2.24) is 34.6 Å². The van der Waals surface area contributed by atoms with Crippen molar-refractivity contribution in [2.75, 3.05) is 41.7 Å². The third kappa shape index (κ3) is 9.13. The van der Waals surface area contributed by atoms with Gasteiger partial charge in [-0.2, -0.15) is 9.94 Å². The van der Waals surface area contributed by atoms with E-state index in [4.69, 9.17) is 16.3 Å². The maximum absolute atomic E-state index is 14.4. The molecule has 4 heterocycles. The van der Waals surface area contributed by atoms with E-state index in [9.17, 15) is 39.1 Å². The number of aromatic nitrogens is 5. The van der Waals surface area contributed by atoms with E-state index >= 15 is 0 Å². The zero-order valence-corrected chi connectivity index (χ0v) is 34.0. The number of carboxylic acid groups (broad SMARTS) is 1. The van der Waals surface area contributed by atoms with Crippen LogP contribution in [0.5, 0.6) is 0 Å². The lowest BCUT2D eigenvalue weighted by molar-refractivity contribution is -0.149. The maximum atomic E-state index is 14.4. The zero-order valence-electron chi connectivity index (χ0n) is 33.2. The number of rotatable bonds is 9. The second kappa shape index (κ2) is 17.1. The van der Waals surface area contributed by atoms with E-state index < -0.39 is 41.4 Å². The maximum Gasteiger partial charge on any atom is 0.419 e. The topological polar surface area (TPSA) is 238 Å². The quantitative estimate of drug-likeness (QED) is 0.167. The smallest absolute Gasteiger partial charge is 0.419 e. The van der Waals surface area contributed by atoms with Crippen LogP contribution in [0.2, 0.25) is 5.02 Å². The molecule has 0 saturated carbocycles. The summed E-state index contributed by atoms with van der Waals surface area (Å²) in [5.41, 5.74) is 0.939. The number of aromatic carboxylic acids is 1. The van der Waals surface area contributed by atoms with Gasteiger partial charge in [-0.05, 0) is 104 Å². The number of benzene rings is 3. The number of ether oxygens (including phenoxy) is 1. The van der Waals surface area contributed by atoms with Crippen molar-refractivity contribution in [1.29, 1.82) is 5.26 Å². The zero-order chi connectivity index (χ0) is 43.6. The summed E-state index contributed by atoms with van der Waals surface area (Å²) in [5, 5.41) is 36.6. The molecule has 61 heavy (non-hydrogen) atoms. The number of anilines is 3. The Morgan fingerprint density at radius 2 is 1.64 bits per heavy atom. The second-order valence-electron chi connectivity index (χ2n) is 15.5. The Balaban J connectivity index is 1.15. The highest BCUT2D eigenvalue weighted by Crippen LogP contribution is 2.31. The second-order valence-corrected chi connectivity index (χ2v) is 15.9.